The Bertz CT molecular complexity index is 965. The lowest BCUT2D eigenvalue weighted by Crippen LogP contribution is -2.46. The van der Waals surface area contributed by atoms with E-state index < -0.39 is 5.54 Å². The van der Waals surface area contributed by atoms with Crippen molar-refractivity contribution in [2.24, 2.45) is 0 Å². The maximum Gasteiger partial charge on any atom is 0.410 e. The predicted octanol–water partition coefficient (Wildman–Crippen LogP) is 1.90. The molecule has 0 saturated carbocycles. The molecule has 0 radical (unpaired) electrons. The molecule has 178 valence electrons. The first-order valence-electron chi connectivity index (χ1n) is 11.4. The molecule has 0 unspecified atom stereocenters. The van der Waals surface area contributed by atoms with Crippen LogP contribution in [0.2, 0.25) is 0 Å². The van der Waals surface area contributed by atoms with Crippen LogP contribution in [-0.2, 0) is 4.74 Å². The molecule has 1 atom stereocenters. The smallest absolute Gasteiger partial charge is 0.410 e. The van der Waals surface area contributed by atoms with Crippen LogP contribution in [0.5, 0.6) is 0 Å². The van der Waals surface area contributed by atoms with Crippen LogP contribution in [-0.4, -0.2) is 80.5 Å². The van der Waals surface area contributed by atoms with Crippen LogP contribution in [0.3, 0.4) is 0 Å². The third-order valence-electron chi connectivity index (χ3n) is 5.97. The molecule has 2 aromatic heterocycles. The standard InChI is InChI=1S/C22H32N8O3/c1-15(2)33-21(32)30-9-6-22(13-30,14-31)28-18-10-17(16-11-24-19(23)25-12-16)26-20(27-18)29-7-4-3-5-8-29/h10-12,15,31H,3-9,13-14H2,1-2H3,(H2,23,24,25)(H,26,27,28)/t22-/m0/s1. The van der Waals surface area contributed by atoms with Crippen LogP contribution in [0.25, 0.3) is 11.3 Å². The molecule has 2 aliphatic rings. The predicted molar refractivity (Wildman–Crippen MR) is 125 cm³/mol. The van der Waals surface area contributed by atoms with Gasteiger partial charge in [-0.3, -0.25) is 0 Å². The number of nitrogen functional groups attached to an aromatic ring is 1. The summed E-state index contributed by atoms with van der Waals surface area (Å²) in [5, 5.41) is 13.7. The Morgan fingerprint density at radius 2 is 1.94 bits per heavy atom. The number of carbonyl (C=O) groups excluding carboxylic acids is 1. The van der Waals surface area contributed by atoms with Crippen molar-refractivity contribution in [2.75, 3.05) is 48.7 Å². The maximum atomic E-state index is 12.4. The minimum atomic E-state index is -0.724. The van der Waals surface area contributed by atoms with Crippen LogP contribution < -0.4 is 16.0 Å². The van der Waals surface area contributed by atoms with E-state index in [1.165, 1.54) is 6.42 Å². The molecule has 2 aromatic rings. The van der Waals surface area contributed by atoms with Crippen LogP contribution >= 0.6 is 0 Å². The highest BCUT2D eigenvalue weighted by molar-refractivity contribution is 5.69. The first kappa shape index (κ1) is 23.0. The lowest BCUT2D eigenvalue weighted by molar-refractivity contribution is 0.0810. The number of nitrogens with zero attached hydrogens (tertiary/aromatic N) is 6. The number of aromatic nitrogens is 4. The number of piperidine rings is 1. The largest absolute Gasteiger partial charge is 0.447 e. The van der Waals surface area contributed by atoms with Crippen LogP contribution in [0.1, 0.15) is 39.5 Å². The van der Waals surface area contributed by atoms with Gasteiger partial charge in [-0.2, -0.15) is 4.98 Å². The van der Waals surface area contributed by atoms with Crippen LogP contribution in [0.15, 0.2) is 18.5 Å². The zero-order valence-corrected chi connectivity index (χ0v) is 19.2. The normalized spacial score (nSPS) is 20.8. The fourth-order valence-electron chi connectivity index (χ4n) is 4.20. The number of amides is 1. The summed E-state index contributed by atoms with van der Waals surface area (Å²) >= 11 is 0. The molecule has 1 amide bonds. The molecule has 4 rings (SSSR count). The van der Waals surface area contributed by atoms with Crippen LogP contribution in [0, 0.1) is 0 Å². The van der Waals surface area contributed by atoms with Crippen molar-refractivity contribution in [3.63, 3.8) is 0 Å². The number of rotatable bonds is 6. The molecule has 4 heterocycles. The van der Waals surface area contributed by atoms with Crippen molar-refractivity contribution >= 4 is 23.8 Å². The van der Waals surface area contributed by atoms with Gasteiger partial charge < -0.3 is 30.7 Å². The fraction of sp³-hybridized carbons (Fsp3) is 0.591. The third kappa shape index (κ3) is 5.41. The monoisotopic (exact) mass is 456 g/mol. The second kappa shape index (κ2) is 9.74. The summed E-state index contributed by atoms with van der Waals surface area (Å²) in [7, 11) is 0. The van der Waals surface area contributed by atoms with Crippen LogP contribution in [0.4, 0.5) is 22.5 Å². The molecule has 2 aliphatic heterocycles. The second-order valence-electron chi connectivity index (χ2n) is 8.98. The average molecular weight is 457 g/mol. The highest BCUT2D eigenvalue weighted by atomic mass is 16.6. The van der Waals surface area contributed by atoms with E-state index in [0.29, 0.717) is 37.0 Å². The summed E-state index contributed by atoms with van der Waals surface area (Å²) in [5.41, 5.74) is 6.31. The molecule has 0 spiro atoms. The summed E-state index contributed by atoms with van der Waals surface area (Å²) in [4.78, 5) is 33.9. The quantitative estimate of drug-likeness (QED) is 0.590. The van der Waals surface area contributed by atoms with E-state index in [0.717, 1.165) is 31.5 Å². The van der Waals surface area contributed by atoms with Gasteiger partial charge in [0.25, 0.3) is 0 Å². The van der Waals surface area contributed by atoms with Gasteiger partial charge >= 0.3 is 6.09 Å². The van der Waals surface area contributed by atoms with Gasteiger partial charge in [0.05, 0.1) is 23.9 Å². The third-order valence-corrected chi connectivity index (χ3v) is 5.97. The van der Waals surface area contributed by atoms with E-state index in [1.54, 1.807) is 17.3 Å². The van der Waals surface area contributed by atoms with Gasteiger partial charge in [0, 0.05) is 50.2 Å². The van der Waals surface area contributed by atoms with E-state index in [1.807, 2.05) is 19.9 Å². The van der Waals surface area contributed by atoms with Gasteiger partial charge in [-0.15, -0.1) is 0 Å². The maximum absolute atomic E-state index is 12.4. The fourth-order valence-corrected chi connectivity index (χ4v) is 4.20. The summed E-state index contributed by atoms with van der Waals surface area (Å²) in [6, 6.07) is 1.81. The lowest BCUT2D eigenvalue weighted by Gasteiger charge is -2.31. The second-order valence-corrected chi connectivity index (χ2v) is 8.98. The topological polar surface area (TPSA) is 143 Å². The number of likely N-dealkylation sites (tertiary alicyclic amines) is 1. The van der Waals surface area contributed by atoms with Crippen molar-refractivity contribution in [3.05, 3.63) is 18.5 Å². The molecule has 0 aliphatic carbocycles. The molecule has 2 fully saturated rings. The zero-order valence-electron chi connectivity index (χ0n) is 19.2. The molecule has 0 aromatic carbocycles. The Hall–Kier alpha value is -3.21. The number of hydrogen-bond donors (Lipinski definition) is 3. The molecule has 33 heavy (non-hydrogen) atoms. The number of hydrogen-bond acceptors (Lipinski definition) is 10. The van der Waals surface area contributed by atoms with Gasteiger partial charge in [-0.05, 0) is 39.5 Å². The number of carbonyl (C=O) groups is 1. The lowest BCUT2D eigenvalue weighted by atomic mass is 10.00. The Morgan fingerprint density at radius 3 is 2.61 bits per heavy atom. The van der Waals surface area contributed by atoms with E-state index >= 15 is 0 Å². The van der Waals surface area contributed by atoms with E-state index in [2.05, 4.69) is 20.2 Å². The Morgan fingerprint density at radius 1 is 1.21 bits per heavy atom. The molecular formula is C22H32N8O3. The minimum absolute atomic E-state index is 0.151. The van der Waals surface area contributed by atoms with Crippen molar-refractivity contribution in [2.45, 2.75) is 51.2 Å². The number of nitrogens with one attached hydrogen (secondary N) is 1. The summed E-state index contributed by atoms with van der Waals surface area (Å²) in [5.74, 6) is 1.39. The van der Waals surface area contributed by atoms with Gasteiger partial charge in [-0.25, -0.2) is 19.7 Å². The molecule has 11 heteroatoms. The molecule has 4 N–H and O–H groups in total. The molecule has 11 nitrogen and oxygen atoms in total. The van der Waals surface area contributed by atoms with Crippen molar-refractivity contribution in [3.8, 4) is 11.3 Å². The zero-order chi connectivity index (χ0) is 23.4. The number of ether oxygens (including phenoxy) is 1. The van der Waals surface area contributed by atoms with Gasteiger partial charge in [0.1, 0.15) is 5.82 Å². The number of aliphatic hydroxyl groups is 1. The number of anilines is 3. The van der Waals surface area contributed by atoms with Gasteiger partial charge in [0.15, 0.2) is 0 Å². The van der Waals surface area contributed by atoms with E-state index in [9.17, 15) is 9.90 Å². The van der Waals surface area contributed by atoms with Gasteiger partial charge in [-0.1, -0.05) is 0 Å². The molecular weight excluding hydrogens is 424 g/mol. The Balaban J connectivity index is 1.62. The summed E-state index contributed by atoms with van der Waals surface area (Å²) < 4.78 is 5.33. The van der Waals surface area contributed by atoms with E-state index in [-0.39, 0.29) is 24.8 Å². The average Bonchev–Trinajstić information content (AvgIpc) is 3.24. The molecule has 0 bridgehead atoms. The van der Waals surface area contributed by atoms with Crippen molar-refractivity contribution in [1.82, 2.24) is 24.8 Å². The minimum Gasteiger partial charge on any atom is -0.447 e. The van der Waals surface area contributed by atoms with Gasteiger partial charge in [0.2, 0.25) is 11.9 Å². The first-order chi connectivity index (χ1) is 15.9. The summed E-state index contributed by atoms with van der Waals surface area (Å²) in [6.45, 7) is 6.07. The SMILES string of the molecule is CC(C)OC(=O)N1CC[C@](CO)(Nc2cc(-c3cnc(N)nc3)nc(N3CCCCC3)n2)C1. The van der Waals surface area contributed by atoms with Crippen molar-refractivity contribution < 1.29 is 14.6 Å². The Kier molecular flexibility index (Phi) is 6.77. The van der Waals surface area contributed by atoms with E-state index in [4.69, 9.17) is 20.4 Å². The highest BCUT2D eigenvalue weighted by Gasteiger charge is 2.41. The molecule has 2 saturated heterocycles. The highest BCUT2D eigenvalue weighted by Crippen LogP contribution is 2.29. The summed E-state index contributed by atoms with van der Waals surface area (Å²) in [6.07, 6.45) is 6.64. The van der Waals surface area contributed by atoms with Crippen molar-refractivity contribution in [1.29, 1.82) is 0 Å². The number of aliphatic hydroxyl groups excluding tert-OH is 1. The Labute approximate surface area is 193 Å². The first-order valence-corrected chi connectivity index (χ1v) is 11.4. The number of nitrogens with two attached hydrogens (primary N) is 1.